The van der Waals surface area contributed by atoms with Gasteiger partial charge in [0, 0.05) is 17.9 Å². The fraction of sp³-hybridized carbons (Fsp3) is 0.231. The summed E-state index contributed by atoms with van der Waals surface area (Å²) in [6.07, 6.45) is 1.69. The van der Waals surface area contributed by atoms with Gasteiger partial charge in [-0.3, -0.25) is 0 Å². The number of rotatable bonds is 4. The van der Waals surface area contributed by atoms with Gasteiger partial charge in [0.2, 0.25) is 5.95 Å². The van der Waals surface area contributed by atoms with Crippen LogP contribution in [-0.4, -0.2) is 16.0 Å². The van der Waals surface area contributed by atoms with E-state index in [1.807, 2.05) is 26.0 Å². The summed E-state index contributed by atoms with van der Waals surface area (Å²) in [5.41, 5.74) is 0.788. The van der Waals surface area contributed by atoms with Gasteiger partial charge in [0.1, 0.15) is 5.82 Å². The number of halogens is 2. The first-order chi connectivity index (χ1) is 9.04. The second-order valence-electron chi connectivity index (χ2n) is 4.32. The summed E-state index contributed by atoms with van der Waals surface area (Å²) in [6.45, 7) is 4.10. The molecule has 1 heterocycles. The Kier molecular flexibility index (Phi) is 4.45. The molecule has 0 spiro atoms. The minimum Gasteiger partial charge on any atom is -0.368 e. The van der Waals surface area contributed by atoms with Gasteiger partial charge in [0.25, 0.3) is 0 Å². The first kappa shape index (κ1) is 13.9. The van der Waals surface area contributed by atoms with Crippen molar-refractivity contribution in [2.45, 2.75) is 19.9 Å². The summed E-state index contributed by atoms with van der Waals surface area (Å²) in [4.78, 5) is 8.51. The Morgan fingerprint density at radius 3 is 2.58 bits per heavy atom. The zero-order valence-electron chi connectivity index (χ0n) is 10.6. The van der Waals surface area contributed by atoms with Gasteiger partial charge in [0.15, 0.2) is 0 Å². The van der Waals surface area contributed by atoms with E-state index < -0.39 is 0 Å². The molecule has 0 saturated heterocycles. The molecule has 2 aromatic rings. The van der Waals surface area contributed by atoms with E-state index in [-0.39, 0.29) is 0 Å². The fourth-order valence-corrected chi connectivity index (χ4v) is 1.80. The van der Waals surface area contributed by atoms with Crippen molar-refractivity contribution in [3.8, 4) is 0 Å². The van der Waals surface area contributed by atoms with E-state index in [9.17, 15) is 0 Å². The molecule has 4 nitrogen and oxygen atoms in total. The second-order valence-corrected chi connectivity index (χ2v) is 5.13. The first-order valence-corrected chi connectivity index (χ1v) is 6.62. The van der Waals surface area contributed by atoms with E-state index in [1.165, 1.54) is 0 Å². The molecule has 0 radical (unpaired) electrons. The predicted octanol–water partition coefficient (Wildman–Crippen LogP) is 4.35. The topological polar surface area (TPSA) is 49.8 Å². The van der Waals surface area contributed by atoms with Gasteiger partial charge in [-0.05, 0) is 38.1 Å². The molecule has 0 bridgehead atoms. The van der Waals surface area contributed by atoms with Crippen LogP contribution in [0.5, 0.6) is 0 Å². The number of benzene rings is 1. The average Bonchev–Trinajstić information content (AvgIpc) is 2.33. The van der Waals surface area contributed by atoms with Crippen LogP contribution < -0.4 is 10.6 Å². The third-order valence-electron chi connectivity index (χ3n) is 2.27. The van der Waals surface area contributed by atoms with Crippen LogP contribution in [0.2, 0.25) is 10.0 Å². The Morgan fingerprint density at radius 1 is 1.11 bits per heavy atom. The Bertz CT molecular complexity index is 572. The molecule has 0 aliphatic rings. The maximum atomic E-state index is 5.96. The standard InChI is InChI=1S/C13H14Cl2N4/c1-8(2)17-12-5-6-16-13(19-12)18-9-3-4-10(14)11(15)7-9/h3-8H,1-2H3,(H2,16,17,18,19). The van der Waals surface area contributed by atoms with Crippen LogP contribution >= 0.6 is 23.2 Å². The minimum absolute atomic E-state index is 0.313. The molecule has 19 heavy (non-hydrogen) atoms. The van der Waals surface area contributed by atoms with Crippen molar-refractivity contribution in [1.29, 1.82) is 0 Å². The van der Waals surface area contributed by atoms with E-state index in [4.69, 9.17) is 23.2 Å². The zero-order valence-corrected chi connectivity index (χ0v) is 12.1. The fourth-order valence-electron chi connectivity index (χ4n) is 1.50. The highest BCUT2D eigenvalue weighted by molar-refractivity contribution is 6.42. The molecule has 2 rings (SSSR count). The Hall–Kier alpha value is -1.52. The molecule has 0 aliphatic carbocycles. The largest absolute Gasteiger partial charge is 0.368 e. The highest BCUT2D eigenvalue weighted by Gasteiger charge is 2.03. The lowest BCUT2D eigenvalue weighted by molar-refractivity contribution is 0.887. The maximum Gasteiger partial charge on any atom is 0.229 e. The van der Waals surface area contributed by atoms with E-state index in [0.717, 1.165) is 11.5 Å². The van der Waals surface area contributed by atoms with Crippen molar-refractivity contribution < 1.29 is 0 Å². The number of anilines is 3. The molecule has 0 fully saturated rings. The van der Waals surface area contributed by atoms with Gasteiger partial charge in [-0.15, -0.1) is 0 Å². The van der Waals surface area contributed by atoms with Crippen molar-refractivity contribution in [2.24, 2.45) is 0 Å². The van der Waals surface area contributed by atoms with Crippen molar-refractivity contribution in [3.63, 3.8) is 0 Å². The summed E-state index contributed by atoms with van der Waals surface area (Å²) < 4.78 is 0. The van der Waals surface area contributed by atoms with Crippen LogP contribution in [0.1, 0.15) is 13.8 Å². The number of nitrogens with one attached hydrogen (secondary N) is 2. The van der Waals surface area contributed by atoms with Crippen LogP contribution in [0.3, 0.4) is 0 Å². The highest BCUT2D eigenvalue weighted by atomic mass is 35.5. The van der Waals surface area contributed by atoms with E-state index in [2.05, 4.69) is 20.6 Å². The van der Waals surface area contributed by atoms with Crippen LogP contribution in [0, 0.1) is 0 Å². The Morgan fingerprint density at radius 2 is 1.89 bits per heavy atom. The summed E-state index contributed by atoms with van der Waals surface area (Å²) in [7, 11) is 0. The van der Waals surface area contributed by atoms with Crippen molar-refractivity contribution in [3.05, 3.63) is 40.5 Å². The molecule has 0 aliphatic heterocycles. The lowest BCUT2D eigenvalue weighted by atomic mass is 10.3. The maximum absolute atomic E-state index is 5.96. The van der Waals surface area contributed by atoms with E-state index >= 15 is 0 Å². The molecule has 0 saturated carbocycles. The number of hydrogen-bond acceptors (Lipinski definition) is 4. The lowest BCUT2D eigenvalue weighted by Crippen LogP contribution is -2.11. The summed E-state index contributed by atoms with van der Waals surface area (Å²) in [5, 5.41) is 7.30. The molecular weight excluding hydrogens is 283 g/mol. The summed E-state index contributed by atoms with van der Waals surface area (Å²) in [5.74, 6) is 1.27. The SMILES string of the molecule is CC(C)Nc1ccnc(Nc2ccc(Cl)c(Cl)c2)n1. The highest BCUT2D eigenvalue weighted by Crippen LogP contribution is 2.26. The van der Waals surface area contributed by atoms with E-state index in [1.54, 1.807) is 18.3 Å². The molecule has 1 aromatic heterocycles. The smallest absolute Gasteiger partial charge is 0.229 e. The van der Waals surface area contributed by atoms with Crippen molar-refractivity contribution in [1.82, 2.24) is 9.97 Å². The van der Waals surface area contributed by atoms with Gasteiger partial charge >= 0.3 is 0 Å². The minimum atomic E-state index is 0.313. The summed E-state index contributed by atoms with van der Waals surface area (Å²) in [6, 6.07) is 7.41. The molecular formula is C13H14Cl2N4. The van der Waals surface area contributed by atoms with Gasteiger partial charge in [0.05, 0.1) is 10.0 Å². The van der Waals surface area contributed by atoms with Crippen LogP contribution in [0.15, 0.2) is 30.5 Å². The zero-order chi connectivity index (χ0) is 13.8. The molecule has 1 aromatic carbocycles. The van der Waals surface area contributed by atoms with Gasteiger partial charge in [-0.2, -0.15) is 4.98 Å². The second kappa shape index (κ2) is 6.08. The van der Waals surface area contributed by atoms with E-state index in [0.29, 0.717) is 22.0 Å². The van der Waals surface area contributed by atoms with Crippen LogP contribution in [-0.2, 0) is 0 Å². The summed E-state index contributed by atoms with van der Waals surface area (Å²) >= 11 is 11.8. The van der Waals surface area contributed by atoms with Crippen molar-refractivity contribution in [2.75, 3.05) is 10.6 Å². The lowest BCUT2D eigenvalue weighted by Gasteiger charge is -2.10. The third kappa shape index (κ3) is 3.98. The number of nitrogens with zero attached hydrogens (tertiary/aromatic N) is 2. The monoisotopic (exact) mass is 296 g/mol. The van der Waals surface area contributed by atoms with Crippen LogP contribution in [0.4, 0.5) is 17.5 Å². The van der Waals surface area contributed by atoms with Gasteiger partial charge in [-0.1, -0.05) is 23.2 Å². The normalized spacial score (nSPS) is 10.6. The van der Waals surface area contributed by atoms with Gasteiger partial charge in [-0.25, -0.2) is 4.98 Å². The molecule has 6 heteroatoms. The predicted molar refractivity (Wildman–Crippen MR) is 80.5 cm³/mol. The number of aromatic nitrogens is 2. The molecule has 0 atom stereocenters. The Labute approximate surface area is 122 Å². The molecule has 0 unspecified atom stereocenters. The molecule has 0 amide bonds. The third-order valence-corrected chi connectivity index (χ3v) is 3.01. The number of hydrogen-bond donors (Lipinski definition) is 2. The van der Waals surface area contributed by atoms with Crippen LogP contribution in [0.25, 0.3) is 0 Å². The van der Waals surface area contributed by atoms with Gasteiger partial charge < -0.3 is 10.6 Å². The molecule has 2 N–H and O–H groups in total. The van der Waals surface area contributed by atoms with Crippen molar-refractivity contribution >= 4 is 40.7 Å². The average molecular weight is 297 g/mol. The molecule has 100 valence electrons. The Balaban J connectivity index is 2.16. The quantitative estimate of drug-likeness (QED) is 0.881. The first-order valence-electron chi connectivity index (χ1n) is 5.86.